The third-order valence-corrected chi connectivity index (χ3v) is 3.41. The second-order valence-electron chi connectivity index (χ2n) is 4.10. The minimum atomic E-state index is 0.495. The van der Waals surface area contributed by atoms with Gasteiger partial charge >= 0.3 is 0 Å². The summed E-state index contributed by atoms with van der Waals surface area (Å²) in [5.74, 6) is 1.85. The molecule has 17 heavy (non-hydrogen) atoms. The van der Waals surface area contributed by atoms with E-state index in [4.69, 9.17) is 0 Å². The van der Waals surface area contributed by atoms with E-state index in [-0.39, 0.29) is 0 Å². The first kappa shape index (κ1) is 14.1. The van der Waals surface area contributed by atoms with Gasteiger partial charge in [0, 0.05) is 26.2 Å². The molecule has 0 saturated heterocycles. The highest BCUT2D eigenvalue weighted by Gasteiger charge is 2.12. The molecule has 1 heterocycles. The molecule has 0 saturated carbocycles. The fraction of sp³-hybridized carbons (Fsp3) is 0.667. The Morgan fingerprint density at radius 2 is 2.18 bits per heavy atom. The van der Waals surface area contributed by atoms with E-state index in [1.807, 2.05) is 19.4 Å². The largest absolute Gasteiger partial charge is 0.373 e. The van der Waals surface area contributed by atoms with Gasteiger partial charge in [-0.3, -0.25) is 0 Å². The predicted octanol–water partition coefficient (Wildman–Crippen LogP) is 2.87. The van der Waals surface area contributed by atoms with Crippen molar-refractivity contribution in [2.24, 2.45) is 0 Å². The molecule has 0 spiro atoms. The molecule has 0 fully saturated rings. The third-order valence-electron chi connectivity index (χ3n) is 2.86. The Hall–Kier alpha value is -0.970. The van der Waals surface area contributed by atoms with Crippen LogP contribution in [0.2, 0.25) is 0 Å². The summed E-state index contributed by atoms with van der Waals surface area (Å²) >= 11 is 1.57. The molecule has 1 N–H and O–H groups in total. The molecule has 0 amide bonds. The van der Waals surface area contributed by atoms with Gasteiger partial charge in [-0.15, -0.1) is 0 Å². The van der Waals surface area contributed by atoms with Crippen LogP contribution in [0.5, 0.6) is 0 Å². The van der Waals surface area contributed by atoms with E-state index < -0.39 is 0 Å². The van der Waals surface area contributed by atoms with E-state index >= 15 is 0 Å². The van der Waals surface area contributed by atoms with Crippen LogP contribution in [0.4, 0.5) is 11.6 Å². The lowest BCUT2D eigenvalue weighted by Gasteiger charge is -2.26. The van der Waals surface area contributed by atoms with E-state index in [0.29, 0.717) is 6.04 Å². The molecular formula is C12H22N4S. The van der Waals surface area contributed by atoms with Gasteiger partial charge in [-0.1, -0.05) is 25.1 Å². The second kappa shape index (κ2) is 6.69. The molecule has 1 atom stereocenters. The number of rotatable bonds is 6. The molecule has 0 bridgehead atoms. The van der Waals surface area contributed by atoms with Crippen molar-refractivity contribution < 1.29 is 0 Å². The average molecular weight is 254 g/mol. The Balaban J connectivity index is 2.95. The van der Waals surface area contributed by atoms with Crippen LogP contribution in [0.1, 0.15) is 26.7 Å². The SMILES string of the molecule is CCCC(C)N(C)c1cc(NC)nc(SC)n1. The van der Waals surface area contributed by atoms with Crippen LogP contribution in [-0.2, 0) is 0 Å². The molecule has 1 aromatic heterocycles. The summed E-state index contributed by atoms with van der Waals surface area (Å²) in [7, 11) is 3.97. The van der Waals surface area contributed by atoms with Gasteiger partial charge < -0.3 is 10.2 Å². The van der Waals surface area contributed by atoms with Gasteiger partial charge in [-0.2, -0.15) is 0 Å². The number of aromatic nitrogens is 2. The van der Waals surface area contributed by atoms with Crippen LogP contribution in [0.3, 0.4) is 0 Å². The van der Waals surface area contributed by atoms with Crippen molar-refractivity contribution in [3.05, 3.63) is 6.07 Å². The van der Waals surface area contributed by atoms with Crippen molar-refractivity contribution in [1.82, 2.24) is 9.97 Å². The van der Waals surface area contributed by atoms with Crippen molar-refractivity contribution in [2.75, 3.05) is 30.6 Å². The van der Waals surface area contributed by atoms with Gasteiger partial charge in [-0.05, 0) is 19.6 Å². The molecule has 0 radical (unpaired) electrons. The molecule has 0 aliphatic heterocycles. The van der Waals surface area contributed by atoms with E-state index in [1.165, 1.54) is 12.8 Å². The van der Waals surface area contributed by atoms with Crippen LogP contribution in [0.15, 0.2) is 11.2 Å². The number of nitrogens with one attached hydrogen (secondary N) is 1. The maximum Gasteiger partial charge on any atom is 0.191 e. The molecule has 0 aromatic carbocycles. The van der Waals surface area contributed by atoms with Gasteiger partial charge in [0.25, 0.3) is 0 Å². The molecule has 1 unspecified atom stereocenters. The number of hydrogen-bond acceptors (Lipinski definition) is 5. The Morgan fingerprint density at radius 3 is 2.71 bits per heavy atom. The zero-order chi connectivity index (χ0) is 12.8. The van der Waals surface area contributed by atoms with Crippen molar-refractivity contribution in [3.63, 3.8) is 0 Å². The fourth-order valence-electron chi connectivity index (χ4n) is 1.65. The predicted molar refractivity (Wildman–Crippen MR) is 76.1 cm³/mol. The minimum absolute atomic E-state index is 0.495. The average Bonchev–Trinajstić information content (AvgIpc) is 2.37. The second-order valence-corrected chi connectivity index (χ2v) is 4.87. The van der Waals surface area contributed by atoms with Gasteiger partial charge in [0.05, 0.1) is 0 Å². The first-order chi connectivity index (χ1) is 8.12. The molecule has 0 aliphatic carbocycles. The highest BCUT2D eigenvalue weighted by atomic mass is 32.2. The van der Waals surface area contributed by atoms with Crippen LogP contribution in [0, 0.1) is 0 Å². The summed E-state index contributed by atoms with van der Waals surface area (Å²) in [5.41, 5.74) is 0. The summed E-state index contributed by atoms with van der Waals surface area (Å²) in [4.78, 5) is 11.1. The van der Waals surface area contributed by atoms with Gasteiger partial charge in [-0.25, -0.2) is 9.97 Å². The minimum Gasteiger partial charge on any atom is -0.373 e. The lowest BCUT2D eigenvalue weighted by Crippen LogP contribution is -2.29. The van der Waals surface area contributed by atoms with Crippen LogP contribution >= 0.6 is 11.8 Å². The Kier molecular flexibility index (Phi) is 5.55. The number of nitrogens with zero attached hydrogens (tertiary/aromatic N) is 3. The summed E-state index contributed by atoms with van der Waals surface area (Å²) < 4.78 is 0. The van der Waals surface area contributed by atoms with E-state index in [9.17, 15) is 0 Å². The summed E-state index contributed by atoms with van der Waals surface area (Å²) in [6, 6.07) is 2.49. The molecule has 4 nitrogen and oxygen atoms in total. The van der Waals surface area contributed by atoms with E-state index in [2.05, 4.69) is 41.1 Å². The molecular weight excluding hydrogens is 232 g/mol. The Labute approximate surface area is 108 Å². The first-order valence-corrected chi connectivity index (χ1v) is 7.18. The third kappa shape index (κ3) is 3.77. The number of anilines is 2. The highest BCUT2D eigenvalue weighted by molar-refractivity contribution is 7.98. The molecule has 0 aliphatic rings. The Morgan fingerprint density at radius 1 is 1.47 bits per heavy atom. The normalized spacial score (nSPS) is 12.3. The summed E-state index contributed by atoms with van der Waals surface area (Å²) in [5, 5.41) is 3.88. The number of thioether (sulfide) groups is 1. The standard InChI is InChI=1S/C12H22N4S/c1-6-7-9(2)16(4)11-8-10(13-3)14-12(15-11)17-5/h8-9H,6-7H2,1-5H3,(H,13,14,15). The summed E-state index contributed by atoms with van der Waals surface area (Å²) in [6.07, 6.45) is 4.35. The van der Waals surface area contributed by atoms with Crippen molar-refractivity contribution in [3.8, 4) is 0 Å². The maximum absolute atomic E-state index is 4.54. The maximum atomic E-state index is 4.54. The molecule has 5 heteroatoms. The zero-order valence-electron chi connectivity index (χ0n) is 11.3. The summed E-state index contributed by atoms with van der Waals surface area (Å²) in [6.45, 7) is 4.43. The fourth-order valence-corrected chi connectivity index (χ4v) is 2.02. The van der Waals surface area contributed by atoms with Gasteiger partial charge in [0.2, 0.25) is 0 Å². The quantitative estimate of drug-likeness (QED) is 0.624. The smallest absolute Gasteiger partial charge is 0.191 e. The molecule has 1 aromatic rings. The van der Waals surface area contributed by atoms with Crippen molar-refractivity contribution in [2.45, 2.75) is 37.9 Å². The van der Waals surface area contributed by atoms with E-state index in [0.717, 1.165) is 16.8 Å². The van der Waals surface area contributed by atoms with Crippen LogP contribution < -0.4 is 10.2 Å². The van der Waals surface area contributed by atoms with E-state index in [1.54, 1.807) is 11.8 Å². The Bertz CT molecular complexity index is 334. The zero-order valence-corrected chi connectivity index (χ0v) is 12.1. The highest BCUT2D eigenvalue weighted by Crippen LogP contribution is 2.21. The van der Waals surface area contributed by atoms with Crippen LogP contribution in [-0.4, -0.2) is 36.4 Å². The van der Waals surface area contributed by atoms with Crippen molar-refractivity contribution in [1.29, 1.82) is 0 Å². The van der Waals surface area contributed by atoms with Gasteiger partial charge in [0.1, 0.15) is 11.6 Å². The first-order valence-electron chi connectivity index (χ1n) is 5.96. The topological polar surface area (TPSA) is 41.0 Å². The molecule has 1 rings (SSSR count). The monoisotopic (exact) mass is 254 g/mol. The lowest BCUT2D eigenvalue weighted by atomic mass is 10.2. The van der Waals surface area contributed by atoms with Gasteiger partial charge in [0.15, 0.2) is 5.16 Å². The molecule has 96 valence electrons. The van der Waals surface area contributed by atoms with Crippen LogP contribution in [0.25, 0.3) is 0 Å². The lowest BCUT2D eigenvalue weighted by molar-refractivity contribution is 0.608. The number of hydrogen-bond donors (Lipinski definition) is 1. The van der Waals surface area contributed by atoms with Crippen molar-refractivity contribution >= 4 is 23.4 Å².